The smallest absolute Gasteiger partial charge is 0.204 e. The molecule has 0 aliphatic carbocycles. The van der Waals surface area contributed by atoms with Crippen molar-refractivity contribution in [2.45, 2.75) is 33.4 Å². The van der Waals surface area contributed by atoms with Crippen molar-refractivity contribution in [1.82, 2.24) is 24.8 Å². The van der Waals surface area contributed by atoms with Crippen molar-refractivity contribution in [3.63, 3.8) is 0 Å². The van der Waals surface area contributed by atoms with Crippen LogP contribution in [0.5, 0.6) is 0 Å². The summed E-state index contributed by atoms with van der Waals surface area (Å²) in [5.74, 6) is 0.497. The molecule has 0 unspecified atom stereocenters. The zero-order chi connectivity index (χ0) is 18.5. The first-order valence-corrected chi connectivity index (χ1v) is 8.62. The lowest BCUT2D eigenvalue weighted by molar-refractivity contribution is 0.0960. The predicted octanol–water partition coefficient (Wildman–Crippen LogP) is 2.68. The molecule has 0 fully saturated rings. The average molecular weight is 353 g/mol. The molecule has 3 rings (SSSR count). The lowest BCUT2D eigenvalue weighted by Crippen LogP contribution is -2.14. The van der Waals surface area contributed by atoms with Gasteiger partial charge in [-0.3, -0.25) is 4.79 Å². The first kappa shape index (κ1) is 18.0. The number of carbonyl (C=O) groups is 1. The van der Waals surface area contributed by atoms with Crippen molar-refractivity contribution < 1.29 is 9.53 Å². The van der Waals surface area contributed by atoms with Crippen LogP contribution in [0.4, 0.5) is 0 Å². The van der Waals surface area contributed by atoms with Crippen LogP contribution in [0.1, 0.15) is 28.2 Å². The van der Waals surface area contributed by atoms with E-state index in [1.54, 1.807) is 7.11 Å². The van der Waals surface area contributed by atoms with E-state index >= 15 is 0 Å². The second-order valence-electron chi connectivity index (χ2n) is 6.22. The highest BCUT2D eigenvalue weighted by Crippen LogP contribution is 2.17. The molecule has 136 valence electrons. The lowest BCUT2D eigenvalue weighted by atomic mass is 10.1. The van der Waals surface area contributed by atoms with Gasteiger partial charge in [0.2, 0.25) is 5.82 Å². The monoisotopic (exact) mass is 353 g/mol. The molecule has 26 heavy (non-hydrogen) atoms. The number of methoxy groups -OCH3 is 1. The Morgan fingerprint density at radius 3 is 2.69 bits per heavy atom. The van der Waals surface area contributed by atoms with Crippen LogP contribution in [-0.4, -0.2) is 44.3 Å². The van der Waals surface area contributed by atoms with Crippen LogP contribution in [0, 0.1) is 13.8 Å². The number of ether oxygens (including phenoxy) is 1. The van der Waals surface area contributed by atoms with Crippen LogP contribution in [0.25, 0.3) is 11.4 Å². The summed E-state index contributed by atoms with van der Waals surface area (Å²) in [6.07, 6.45) is 0.908. The molecule has 0 amide bonds. The second kappa shape index (κ2) is 8.05. The number of ketones is 1. The van der Waals surface area contributed by atoms with E-state index in [0.717, 1.165) is 29.9 Å². The fraction of sp³-hybridized carbons (Fsp3) is 0.368. The Bertz CT molecular complexity index is 883. The molecule has 0 radical (unpaired) electrons. The van der Waals surface area contributed by atoms with Gasteiger partial charge < -0.3 is 9.30 Å². The van der Waals surface area contributed by atoms with Gasteiger partial charge in [-0.2, -0.15) is 4.80 Å². The van der Waals surface area contributed by atoms with Gasteiger partial charge in [-0.15, -0.1) is 10.2 Å². The van der Waals surface area contributed by atoms with Crippen LogP contribution < -0.4 is 0 Å². The van der Waals surface area contributed by atoms with Crippen LogP contribution in [-0.2, 0) is 17.8 Å². The molecule has 0 spiro atoms. The van der Waals surface area contributed by atoms with E-state index in [-0.39, 0.29) is 12.3 Å². The van der Waals surface area contributed by atoms with Gasteiger partial charge in [0.1, 0.15) is 6.54 Å². The third-order valence-electron chi connectivity index (χ3n) is 4.37. The van der Waals surface area contributed by atoms with Gasteiger partial charge in [0, 0.05) is 42.8 Å². The standard InChI is InChI=1S/C19H23N5O2/c1-14-12-17(15(2)23(14)10-7-11-26-3)18(25)13-24-21-19(20-22-24)16-8-5-4-6-9-16/h4-6,8-9,12H,7,10-11,13H2,1-3H3. The molecule has 0 N–H and O–H groups in total. The Labute approximate surface area is 152 Å². The number of nitrogens with zero attached hydrogens (tertiary/aromatic N) is 5. The molecule has 0 bridgehead atoms. The third-order valence-corrected chi connectivity index (χ3v) is 4.37. The molecule has 7 heteroatoms. The molecule has 0 atom stereocenters. The Kier molecular flexibility index (Phi) is 5.58. The Hall–Kier alpha value is -2.80. The Morgan fingerprint density at radius 1 is 1.19 bits per heavy atom. The molecule has 1 aromatic carbocycles. The van der Waals surface area contributed by atoms with E-state index in [0.29, 0.717) is 18.0 Å². The van der Waals surface area contributed by atoms with E-state index in [1.165, 1.54) is 4.80 Å². The molecule has 7 nitrogen and oxygen atoms in total. The summed E-state index contributed by atoms with van der Waals surface area (Å²) in [4.78, 5) is 14.1. The topological polar surface area (TPSA) is 74.8 Å². The minimum absolute atomic E-state index is 0.0203. The summed E-state index contributed by atoms with van der Waals surface area (Å²) in [5, 5.41) is 12.4. The van der Waals surface area contributed by atoms with Crippen molar-refractivity contribution in [1.29, 1.82) is 0 Å². The van der Waals surface area contributed by atoms with E-state index in [9.17, 15) is 4.79 Å². The molecule has 2 aromatic heterocycles. The van der Waals surface area contributed by atoms with Gasteiger partial charge in [0.15, 0.2) is 5.78 Å². The van der Waals surface area contributed by atoms with E-state index in [4.69, 9.17) is 4.74 Å². The van der Waals surface area contributed by atoms with Gasteiger partial charge in [-0.25, -0.2) is 0 Å². The molecule has 0 saturated carbocycles. The van der Waals surface area contributed by atoms with Crippen LogP contribution in [0.3, 0.4) is 0 Å². The minimum Gasteiger partial charge on any atom is -0.385 e. The molecule has 0 aliphatic heterocycles. The average Bonchev–Trinajstić information content (AvgIpc) is 3.22. The number of hydrogen-bond acceptors (Lipinski definition) is 5. The molecule has 2 heterocycles. The van der Waals surface area contributed by atoms with Crippen molar-refractivity contribution >= 4 is 5.78 Å². The zero-order valence-corrected chi connectivity index (χ0v) is 15.3. The SMILES string of the molecule is COCCCn1c(C)cc(C(=O)Cn2nnc(-c3ccccc3)n2)c1C. The summed E-state index contributed by atoms with van der Waals surface area (Å²) in [7, 11) is 1.69. The third kappa shape index (κ3) is 3.88. The molecule has 3 aromatic rings. The first-order chi connectivity index (χ1) is 12.6. The summed E-state index contributed by atoms with van der Waals surface area (Å²) < 4.78 is 7.26. The number of Topliss-reactive ketones (excluding diaryl/α,β-unsaturated/α-hetero) is 1. The van der Waals surface area contributed by atoms with Gasteiger partial charge >= 0.3 is 0 Å². The number of aromatic nitrogens is 5. The van der Waals surface area contributed by atoms with E-state index in [2.05, 4.69) is 20.0 Å². The summed E-state index contributed by atoms with van der Waals surface area (Å²) >= 11 is 0. The highest BCUT2D eigenvalue weighted by atomic mass is 16.5. The van der Waals surface area contributed by atoms with Gasteiger partial charge in [-0.05, 0) is 31.5 Å². The minimum atomic E-state index is -0.0203. The largest absolute Gasteiger partial charge is 0.385 e. The summed E-state index contributed by atoms with van der Waals surface area (Å²) in [6.45, 7) is 5.58. The normalized spacial score (nSPS) is 11.0. The summed E-state index contributed by atoms with van der Waals surface area (Å²) in [6, 6.07) is 11.5. The maximum atomic E-state index is 12.7. The molecular formula is C19H23N5O2. The fourth-order valence-corrected chi connectivity index (χ4v) is 3.02. The number of hydrogen-bond donors (Lipinski definition) is 0. The van der Waals surface area contributed by atoms with Crippen LogP contribution in [0.15, 0.2) is 36.4 Å². The van der Waals surface area contributed by atoms with Gasteiger partial charge in [-0.1, -0.05) is 30.3 Å². The van der Waals surface area contributed by atoms with Crippen molar-refractivity contribution in [3.05, 3.63) is 53.3 Å². The molecular weight excluding hydrogens is 330 g/mol. The maximum absolute atomic E-state index is 12.7. The summed E-state index contributed by atoms with van der Waals surface area (Å²) in [5.41, 5.74) is 3.62. The number of rotatable bonds is 8. The van der Waals surface area contributed by atoms with E-state index < -0.39 is 0 Å². The zero-order valence-electron chi connectivity index (χ0n) is 15.3. The Morgan fingerprint density at radius 2 is 1.96 bits per heavy atom. The quantitative estimate of drug-likeness (QED) is 0.460. The maximum Gasteiger partial charge on any atom is 0.204 e. The highest BCUT2D eigenvalue weighted by Gasteiger charge is 2.17. The number of carbonyl (C=O) groups excluding carboxylic acids is 1. The van der Waals surface area contributed by atoms with E-state index in [1.807, 2.05) is 50.2 Å². The van der Waals surface area contributed by atoms with Crippen molar-refractivity contribution in [2.24, 2.45) is 0 Å². The Balaban J connectivity index is 1.73. The fourth-order valence-electron chi connectivity index (χ4n) is 3.02. The lowest BCUT2D eigenvalue weighted by Gasteiger charge is -2.09. The second-order valence-corrected chi connectivity index (χ2v) is 6.22. The van der Waals surface area contributed by atoms with Crippen LogP contribution in [0.2, 0.25) is 0 Å². The van der Waals surface area contributed by atoms with Crippen molar-refractivity contribution in [3.8, 4) is 11.4 Å². The van der Waals surface area contributed by atoms with Gasteiger partial charge in [0.05, 0.1) is 0 Å². The molecule has 0 aliphatic rings. The number of benzene rings is 1. The first-order valence-electron chi connectivity index (χ1n) is 8.62. The number of aryl methyl sites for hydroxylation is 1. The number of tetrazole rings is 1. The van der Waals surface area contributed by atoms with Crippen LogP contribution >= 0.6 is 0 Å². The van der Waals surface area contributed by atoms with Crippen molar-refractivity contribution in [2.75, 3.05) is 13.7 Å². The molecule has 0 saturated heterocycles. The predicted molar refractivity (Wildman–Crippen MR) is 98.0 cm³/mol. The van der Waals surface area contributed by atoms with Gasteiger partial charge in [0.25, 0.3) is 0 Å². The highest BCUT2D eigenvalue weighted by molar-refractivity contribution is 5.97.